The molecule has 0 bridgehead atoms. The molecule has 1 aliphatic carbocycles. The van der Waals surface area contributed by atoms with Gasteiger partial charge in [0.2, 0.25) is 11.8 Å². The number of alkyl halides is 6. The first-order valence-corrected chi connectivity index (χ1v) is 34.1. The number of anilines is 1. The van der Waals surface area contributed by atoms with Gasteiger partial charge < -0.3 is 48.5 Å². The van der Waals surface area contributed by atoms with Crippen LogP contribution in [0, 0.1) is 5.82 Å². The summed E-state index contributed by atoms with van der Waals surface area (Å²) in [7, 11) is 7.39. The number of carbonyl (C=O) groups excluding carboxylic acids is 5. The van der Waals surface area contributed by atoms with Crippen LogP contribution in [0.4, 0.5) is 41.2 Å². The molecule has 1 N–H and O–H groups in total. The summed E-state index contributed by atoms with van der Waals surface area (Å²) in [5.74, 6) is -1.79. The van der Waals surface area contributed by atoms with Crippen molar-refractivity contribution in [1.29, 1.82) is 0 Å². The van der Waals surface area contributed by atoms with E-state index < -0.39 is 64.6 Å². The van der Waals surface area contributed by atoms with Crippen molar-refractivity contribution in [1.82, 2.24) is 34.3 Å². The number of likely N-dealkylation sites (N-methyl/N-ethyl adjacent to an activating group) is 2. The molecule has 3 fully saturated rings. The van der Waals surface area contributed by atoms with Crippen molar-refractivity contribution in [3.8, 4) is 11.1 Å². The number of unbranched alkanes of at least 4 members (excludes halogenated alkanes) is 2. The number of nitrogens with one attached hydrogen (secondary N) is 1. The van der Waals surface area contributed by atoms with E-state index in [2.05, 4.69) is 39.2 Å². The lowest BCUT2D eigenvalue weighted by atomic mass is 9.72. The van der Waals surface area contributed by atoms with E-state index in [4.69, 9.17) is 14.2 Å². The predicted molar refractivity (Wildman–Crippen MR) is 385 cm³/mol. The fourth-order valence-corrected chi connectivity index (χ4v) is 14.2. The number of amides is 5. The molecule has 6 aromatic rings. The van der Waals surface area contributed by atoms with Crippen LogP contribution >= 0.6 is 37.2 Å². The van der Waals surface area contributed by atoms with Gasteiger partial charge in [0, 0.05) is 102 Å². The normalized spacial score (nSPS) is 17.6. The van der Waals surface area contributed by atoms with Crippen LogP contribution in [0.5, 0.6) is 0 Å². The molecule has 0 aromatic heterocycles. The second kappa shape index (κ2) is 36.9. The van der Waals surface area contributed by atoms with Crippen molar-refractivity contribution < 1.29 is 68.9 Å². The van der Waals surface area contributed by atoms with E-state index in [-0.39, 0.29) is 92.8 Å². The van der Waals surface area contributed by atoms with Gasteiger partial charge in [-0.05, 0) is 161 Å². The van der Waals surface area contributed by atoms with Crippen molar-refractivity contribution in [3.05, 3.63) is 196 Å². The van der Waals surface area contributed by atoms with Crippen molar-refractivity contribution in [2.24, 2.45) is 0 Å². The predicted octanol–water partition coefficient (Wildman–Crippen LogP) is 14.3. The van der Waals surface area contributed by atoms with E-state index in [1.54, 1.807) is 23.9 Å². The fourth-order valence-electron chi connectivity index (χ4n) is 14.2. The Hall–Kier alpha value is -7.35. The number of fused-ring (bicyclic) bond motifs is 2. The van der Waals surface area contributed by atoms with Gasteiger partial charge in [0.15, 0.2) is 0 Å². The summed E-state index contributed by atoms with van der Waals surface area (Å²) in [6, 6.07) is 39.6. The summed E-state index contributed by atoms with van der Waals surface area (Å²) in [5.41, 5.74) is 1.35. The Kier molecular flexibility index (Phi) is 29.6. The second-order valence-corrected chi connectivity index (χ2v) is 26.9. The Balaban J connectivity index is 0.00000486. The van der Waals surface area contributed by atoms with Crippen molar-refractivity contribution in [2.75, 3.05) is 119 Å². The van der Waals surface area contributed by atoms with E-state index >= 15 is 0 Å². The zero-order chi connectivity index (χ0) is 70.5. The first-order chi connectivity index (χ1) is 47.4. The van der Waals surface area contributed by atoms with Crippen LogP contribution in [0.2, 0.25) is 0 Å². The van der Waals surface area contributed by atoms with Crippen LogP contribution in [0.1, 0.15) is 118 Å². The Bertz CT molecular complexity index is 3720. The van der Waals surface area contributed by atoms with Crippen LogP contribution in [-0.4, -0.2) is 190 Å². The number of hydrogen-bond acceptors (Lipinski definition) is 11. The van der Waals surface area contributed by atoms with E-state index in [1.165, 1.54) is 24.3 Å². The van der Waals surface area contributed by atoms with Gasteiger partial charge >= 0.3 is 18.4 Å². The second-order valence-electron chi connectivity index (χ2n) is 26.9. The Labute approximate surface area is 611 Å². The molecule has 102 heavy (non-hydrogen) atoms. The molecule has 0 saturated carbocycles. The molecule has 2 atom stereocenters. The zero-order valence-electron chi connectivity index (χ0n) is 58.0. The number of carbonyl (C=O) groups is 5. The molecule has 554 valence electrons. The standard InChI is InChI=1S/C76H89F7N8O8.3ClH/c1-85(35-14-6-9-25-68(92)87(3)43-44-89-38-30-63(31-39-89)99-72(96)84-66-24-13-11-22-64(66)55-18-7-5-8-19-55)50-54-17-15-21-57(45-54)70(94)88(4)37-16-36-86(2)69(93)51-97-67-48-56-20-10-12-23-65(56)73(67)32-40-90(41-33-73)42-34-74(59-26-28-62(77)29-27-59)52-91(53-98-74)71(95)58-46-60(75(78,79)80)49-61(47-58)76(81,82)83;;;/h5,7-8,10-13,15,17-24,26-29,45-47,49,63,67H,6,9,14,16,25,30-44,48,50-53H2,1-4H3,(H,84,96);3*1H/t67-,74+;;;/m0.../s1. The number of halogens is 10. The number of piperidine rings is 2. The molecular weight excluding hydrogens is 1390 g/mol. The monoisotopic (exact) mass is 1480 g/mol. The van der Waals surface area contributed by atoms with E-state index in [0.717, 1.165) is 91.0 Å². The van der Waals surface area contributed by atoms with Crippen LogP contribution in [0.15, 0.2) is 146 Å². The molecule has 3 aliphatic heterocycles. The van der Waals surface area contributed by atoms with Crippen LogP contribution < -0.4 is 5.32 Å². The average molecular weight is 1480 g/mol. The summed E-state index contributed by atoms with van der Waals surface area (Å²) in [6.45, 7) is 6.11. The number of hydrogen-bond donors (Lipinski definition) is 1. The largest absolute Gasteiger partial charge is 0.446 e. The molecule has 6 aromatic carbocycles. The SMILES string of the molecule is CN(CCCCCC(=O)N(C)CCN1CCC(OC(=O)Nc2ccccc2-c2ccccc2)CC1)Cc1cccc(C(=O)N(C)CCCN(C)C(=O)CO[C@H]2Cc3ccccc3C23CCN(CC[C@]2(c4ccc(F)cc4)CN(C(=O)c4cc(C(F)(F)F)cc(C(F)(F)F)c4)CO2)CC3)c1.Cl.Cl.Cl. The number of para-hydroxylation sites is 1. The van der Waals surface area contributed by atoms with Gasteiger partial charge in [0.25, 0.3) is 11.8 Å². The van der Waals surface area contributed by atoms with Crippen molar-refractivity contribution in [3.63, 3.8) is 0 Å². The third kappa shape index (κ3) is 21.2. The van der Waals surface area contributed by atoms with Crippen molar-refractivity contribution >= 4 is 72.6 Å². The molecule has 5 amide bonds. The Morgan fingerprint density at radius 1 is 0.627 bits per heavy atom. The lowest BCUT2D eigenvalue weighted by molar-refractivity contribution is -0.143. The minimum Gasteiger partial charge on any atom is -0.446 e. The zero-order valence-corrected chi connectivity index (χ0v) is 60.4. The summed E-state index contributed by atoms with van der Waals surface area (Å²) in [6.07, 6.45) is -3.91. The highest BCUT2D eigenvalue weighted by molar-refractivity contribution is 5.95. The summed E-state index contributed by atoms with van der Waals surface area (Å²) in [5, 5.41) is 2.94. The minimum absolute atomic E-state index is 0. The maximum atomic E-state index is 14.3. The summed E-state index contributed by atoms with van der Waals surface area (Å²) < 4.78 is 116. The maximum Gasteiger partial charge on any atom is 0.416 e. The van der Waals surface area contributed by atoms with E-state index in [0.29, 0.717) is 107 Å². The Morgan fingerprint density at radius 3 is 1.96 bits per heavy atom. The summed E-state index contributed by atoms with van der Waals surface area (Å²) in [4.78, 5) is 80.1. The molecule has 4 aliphatic rings. The first kappa shape index (κ1) is 81.9. The number of benzene rings is 6. The highest BCUT2D eigenvalue weighted by Gasteiger charge is 2.50. The number of rotatable bonds is 27. The average Bonchev–Trinajstić information content (AvgIpc) is 1.58. The van der Waals surface area contributed by atoms with Gasteiger partial charge in [-0.25, -0.2) is 9.18 Å². The lowest BCUT2D eigenvalue weighted by Crippen LogP contribution is -2.50. The molecular formula is C76H92Cl3F7N8O8. The Morgan fingerprint density at radius 2 is 1.26 bits per heavy atom. The molecule has 10 rings (SSSR count). The maximum absolute atomic E-state index is 14.3. The lowest BCUT2D eigenvalue weighted by Gasteiger charge is -2.44. The minimum atomic E-state index is -5.15. The number of nitrogens with zero attached hydrogens (tertiary/aromatic N) is 7. The van der Waals surface area contributed by atoms with Crippen molar-refractivity contribution in [2.45, 2.75) is 113 Å². The highest BCUT2D eigenvalue weighted by atomic mass is 35.5. The molecule has 0 radical (unpaired) electrons. The van der Waals surface area contributed by atoms with Gasteiger partial charge in [0.05, 0.1) is 29.5 Å². The van der Waals surface area contributed by atoms with Crippen LogP contribution in [-0.2, 0) is 60.1 Å². The number of likely N-dealkylation sites (tertiary alicyclic amines) is 2. The number of ether oxygens (including phenoxy) is 3. The first-order valence-electron chi connectivity index (χ1n) is 34.1. The van der Waals surface area contributed by atoms with Crippen LogP contribution in [0.3, 0.4) is 0 Å². The molecule has 26 heteroatoms. The third-order valence-electron chi connectivity index (χ3n) is 20.0. The molecule has 0 unspecified atom stereocenters. The van der Waals surface area contributed by atoms with Gasteiger partial charge in [-0.3, -0.25) is 24.5 Å². The smallest absolute Gasteiger partial charge is 0.416 e. The van der Waals surface area contributed by atoms with Gasteiger partial charge in [-0.15, -0.1) is 37.2 Å². The van der Waals surface area contributed by atoms with Gasteiger partial charge in [0.1, 0.15) is 30.9 Å². The fraction of sp³-hybridized carbons (Fsp3) is 0.461. The highest BCUT2D eigenvalue weighted by Crippen LogP contribution is 2.49. The van der Waals surface area contributed by atoms with E-state index in [9.17, 15) is 54.7 Å². The summed E-state index contributed by atoms with van der Waals surface area (Å²) >= 11 is 0. The van der Waals surface area contributed by atoms with E-state index in [1.807, 2.05) is 103 Å². The molecule has 16 nitrogen and oxygen atoms in total. The molecule has 3 saturated heterocycles. The quantitative estimate of drug-likeness (QED) is 0.0388. The van der Waals surface area contributed by atoms with Gasteiger partial charge in [-0.2, -0.15) is 26.3 Å². The van der Waals surface area contributed by atoms with Gasteiger partial charge in [-0.1, -0.05) is 103 Å². The van der Waals surface area contributed by atoms with Crippen LogP contribution in [0.25, 0.3) is 11.1 Å². The third-order valence-corrected chi connectivity index (χ3v) is 20.0. The topological polar surface area (TPSA) is 148 Å². The molecule has 1 spiro atoms. The molecule has 3 heterocycles.